The molecule has 9 heteroatoms. The molecule has 0 atom stereocenters. The first kappa shape index (κ1) is 27.3. The number of methoxy groups -OCH3 is 2. The number of nitrogens with one attached hydrogen (secondary N) is 1. The molecular weight excluding hydrogens is 454 g/mol. The lowest BCUT2D eigenvalue weighted by molar-refractivity contribution is -0.172. The van der Waals surface area contributed by atoms with Crippen LogP contribution in [-0.4, -0.2) is 54.5 Å². The minimum atomic E-state index is -0.694. The lowest BCUT2D eigenvalue weighted by Crippen LogP contribution is -2.59. The topological polar surface area (TPSA) is 128 Å². The van der Waals surface area contributed by atoms with Gasteiger partial charge in [0, 0.05) is 5.54 Å². The standard InChI is InChI=1S/C15H25NO4.C11H16O4/c1-13(2,3)20-12(18)16-15-8-5-14(6-9-15,7-10-15)11(17)19-4;1-15-9(14)11-5-2-10(3-6-11,4-7-11)8(12)13/h5-10H2,1-4H3,(H,16,18);2-7H2,1H3,(H,12,13). The number of carboxylic acid groups (broad SMARTS) is 1. The van der Waals surface area contributed by atoms with E-state index in [4.69, 9.17) is 14.2 Å². The summed E-state index contributed by atoms with van der Waals surface area (Å²) >= 11 is 0. The number of rotatable bonds is 4. The van der Waals surface area contributed by atoms with Crippen LogP contribution in [0.3, 0.4) is 0 Å². The maximum absolute atomic E-state index is 12.0. The summed E-state index contributed by atoms with van der Waals surface area (Å²) < 4.78 is 15.1. The number of fused-ring (bicyclic) bond motifs is 6. The highest BCUT2D eigenvalue weighted by Gasteiger charge is 2.56. The van der Waals surface area contributed by atoms with Gasteiger partial charge in [-0.25, -0.2) is 4.79 Å². The number of aliphatic carboxylic acids is 1. The van der Waals surface area contributed by atoms with E-state index in [1.807, 2.05) is 20.8 Å². The van der Waals surface area contributed by atoms with E-state index in [9.17, 15) is 24.3 Å². The summed E-state index contributed by atoms with van der Waals surface area (Å²) in [5.41, 5.74) is -1.91. The lowest BCUT2D eigenvalue weighted by atomic mass is 9.54. The molecule has 0 aromatic rings. The molecule has 6 saturated carbocycles. The van der Waals surface area contributed by atoms with Crippen LogP contribution in [0.4, 0.5) is 4.79 Å². The molecule has 0 aliphatic heterocycles. The number of carbonyl (C=O) groups is 4. The molecule has 0 spiro atoms. The highest BCUT2D eigenvalue weighted by molar-refractivity contribution is 5.80. The van der Waals surface area contributed by atoms with Crippen molar-refractivity contribution in [1.29, 1.82) is 0 Å². The zero-order chi connectivity index (χ0) is 26.1. The van der Waals surface area contributed by atoms with Crippen LogP contribution in [0, 0.1) is 16.2 Å². The Morgan fingerprint density at radius 2 is 1.00 bits per heavy atom. The SMILES string of the molecule is COC(=O)C12CCC(C(=O)O)(CC1)CC2.COC(=O)C12CCC(NC(=O)OC(C)(C)C)(CC1)CC2. The van der Waals surface area contributed by atoms with Gasteiger partial charge in [0.1, 0.15) is 5.60 Å². The molecule has 9 nitrogen and oxygen atoms in total. The molecule has 0 heterocycles. The van der Waals surface area contributed by atoms with E-state index in [0.717, 1.165) is 38.5 Å². The number of hydrogen-bond acceptors (Lipinski definition) is 7. The van der Waals surface area contributed by atoms with Gasteiger partial charge in [-0.3, -0.25) is 14.4 Å². The van der Waals surface area contributed by atoms with E-state index in [0.29, 0.717) is 38.5 Å². The first-order valence-corrected chi connectivity index (χ1v) is 12.7. The molecule has 35 heavy (non-hydrogen) atoms. The van der Waals surface area contributed by atoms with Crippen molar-refractivity contribution < 1.29 is 38.5 Å². The van der Waals surface area contributed by atoms with Crippen molar-refractivity contribution in [2.45, 2.75) is 109 Å². The number of ether oxygens (including phenoxy) is 3. The normalized spacial score (nSPS) is 35.2. The summed E-state index contributed by atoms with van der Waals surface area (Å²) in [6.07, 6.45) is 8.35. The van der Waals surface area contributed by atoms with Crippen LogP contribution in [0.5, 0.6) is 0 Å². The molecule has 6 aliphatic rings. The Morgan fingerprint density at radius 3 is 1.31 bits per heavy atom. The van der Waals surface area contributed by atoms with Gasteiger partial charge in [-0.1, -0.05) is 0 Å². The molecule has 4 bridgehead atoms. The third kappa shape index (κ3) is 5.43. The Balaban J connectivity index is 0.000000203. The maximum atomic E-state index is 12.0. The Hall–Kier alpha value is -2.32. The van der Waals surface area contributed by atoms with Crippen molar-refractivity contribution in [1.82, 2.24) is 5.32 Å². The fraction of sp³-hybridized carbons (Fsp3) is 0.846. The van der Waals surface area contributed by atoms with Crippen molar-refractivity contribution >= 4 is 24.0 Å². The highest BCUT2D eigenvalue weighted by atomic mass is 16.6. The van der Waals surface area contributed by atoms with Crippen LogP contribution >= 0.6 is 0 Å². The highest BCUT2D eigenvalue weighted by Crippen LogP contribution is 2.57. The number of carbonyl (C=O) groups excluding carboxylic acids is 3. The smallest absolute Gasteiger partial charge is 0.408 e. The molecule has 2 N–H and O–H groups in total. The van der Waals surface area contributed by atoms with E-state index in [-0.39, 0.29) is 34.4 Å². The van der Waals surface area contributed by atoms with Crippen LogP contribution in [0.2, 0.25) is 0 Å². The quantitative estimate of drug-likeness (QED) is 0.435. The maximum Gasteiger partial charge on any atom is 0.408 e. The molecule has 0 unspecified atom stereocenters. The van der Waals surface area contributed by atoms with Gasteiger partial charge >= 0.3 is 24.0 Å². The number of amides is 1. The van der Waals surface area contributed by atoms with Crippen LogP contribution in [0.15, 0.2) is 0 Å². The molecule has 0 aromatic heterocycles. The second-order valence-corrected chi connectivity index (χ2v) is 12.0. The molecule has 0 saturated heterocycles. The van der Waals surface area contributed by atoms with E-state index >= 15 is 0 Å². The van der Waals surface area contributed by atoms with Crippen LogP contribution < -0.4 is 5.32 Å². The van der Waals surface area contributed by atoms with Crippen molar-refractivity contribution in [3.8, 4) is 0 Å². The van der Waals surface area contributed by atoms with Crippen LogP contribution in [0.1, 0.15) is 97.8 Å². The van der Waals surface area contributed by atoms with E-state index in [1.165, 1.54) is 14.2 Å². The molecule has 6 fully saturated rings. The molecule has 6 aliphatic carbocycles. The number of esters is 2. The van der Waals surface area contributed by atoms with Gasteiger partial charge in [0.2, 0.25) is 0 Å². The molecule has 0 aromatic carbocycles. The van der Waals surface area contributed by atoms with E-state index in [1.54, 1.807) is 0 Å². The van der Waals surface area contributed by atoms with Gasteiger partial charge in [-0.2, -0.15) is 0 Å². The summed E-state index contributed by atoms with van der Waals surface area (Å²) in [5, 5.41) is 12.2. The fourth-order valence-corrected chi connectivity index (χ4v) is 6.45. The molecular formula is C26H41NO8. The van der Waals surface area contributed by atoms with Gasteiger partial charge in [-0.15, -0.1) is 0 Å². The van der Waals surface area contributed by atoms with Gasteiger partial charge in [0.15, 0.2) is 0 Å². The van der Waals surface area contributed by atoms with E-state index < -0.39 is 17.0 Å². The molecule has 6 rings (SSSR count). The van der Waals surface area contributed by atoms with Gasteiger partial charge < -0.3 is 24.6 Å². The average molecular weight is 496 g/mol. The minimum Gasteiger partial charge on any atom is -0.481 e. The Morgan fingerprint density at radius 1 is 0.657 bits per heavy atom. The van der Waals surface area contributed by atoms with Crippen molar-refractivity contribution in [3.63, 3.8) is 0 Å². The monoisotopic (exact) mass is 495 g/mol. The molecule has 1 amide bonds. The van der Waals surface area contributed by atoms with Crippen LogP contribution in [0.25, 0.3) is 0 Å². The average Bonchev–Trinajstić information content (AvgIpc) is 2.84. The third-order valence-corrected chi connectivity index (χ3v) is 8.95. The van der Waals surface area contributed by atoms with Crippen molar-refractivity contribution in [2.75, 3.05) is 14.2 Å². The summed E-state index contributed by atoms with van der Waals surface area (Å²) in [6, 6.07) is 0. The van der Waals surface area contributed by atoms with Crippen molar-refractivity contribution in [2.24, 2.45) is 16.2 Å². The Kier molecular flexibility index (Phi) is 7.49. The summed E-state index contributed by atoms with van der Waals surface area (Å²) in [4.78, 5) is 46.7. The van der Waals surface area contributed by atoms with Crippen molar-refractivity contribution in [3.05, 3.63) is 0 Å². The second-order valence-electron chi connectivity index (χ2n) is 12.0. The lowest BCUT2D eigenvalue weighted by Gasteiger charge is -2.51. The number of hydrogen-bond donors (Lipinski definition) is 2. The Labute approximate surface area is 207 Å². The summed E-state index contributed by atoms with van der Waals surface area (Å²) in [6.45, 7) is 5.57. The summed E-state index contributed by atoms with van der Waals surface area (Å²) in [7, 11) is 2.86. The Bertz CT molecular complexity index is 809. The van der Waals surface area contributed by atoms with Gasteiger partial charge in [0.25, 0.3) is 0 Å². The predicted octanol–water partition coefficient (Wildman–Crippen LogP) is 4.36. The largest absolute Gasteiger partial charge is 0.481 e. The fourth-order valence-electron chi connectivity index (χ4n) is 6.45. The third-order valence-electron chi connectivity index (χ3n) is 8.95. The first-order chi connectivity index (χ1) is 16.2. The molecule has 0 radical (unpaired) electrons. The zero-order valence-electron chi connectivity index (χ0n) is 21.8. The number of carboxylic acids is 1. The van der Waals surface area contributed by atoms with E-state index in [2.05, 4.69) is 5.32 Å². The van der Waals surface area contributed by atoms with Gasteiger partial charge in [0.05, 0.1) is 30.5 Å². The number of alkyl carbamates (subject to hydrolysis) is 1. The predicted molar refractivity (Wildman–Crippen MR) is 126 cm³/mol. The zero-order valence-corrected chi connectivity index (χ0v) is 21.8. The first-order valence-electron chi connectivity index (χ1n) is 12.7. The summed E-state index contributed by atoms with van der Waals surface area (Å²) in [5.74, 6) is -0.940. The van der Waals surface area contributed by atoms with Gasteiger partial charge in [-0.05, 0) is 97.8 Å². The van der Waals surface area contributed by atoms with Crippen LogP contribution in [-0.2, 0) is 28.6 Å². The second kappa shape index (κ2) is 9.62. The minimum absolute atomic E-state index is 0.0944. The molecule has 198 valence electrons.